The molecule has 0 fully saturated rings. The number of para-hydroxylation sites is 1. The molecule has 0 unspecified atom stereocenters. The van der Waals surface area contributed by atoms with Crippen molar-refractivity contribution in [3.8, 4) is 0 Å². The van der Waals surface area contributed by atoms with E-state index in [1.165, 1.54) is 6.07 Å². The molecule has 0 N–H and O–H groups in total. The van der Waals surface area contributed by atoms with Gasteiger partial charge in [-0.3, -0.25) is 15.1 Å². The van der Waals surface area contributed by atoms with Gasteiger partial charge in [0.2, 0.25) is 0 Å². The summed E-state index contributed by atoms with van der Waals surface area (Å²) < 4.78 is 1.89. The van der Waals surface area contributed by atoms with Crippen molar-refractivity contribution in [1.82, 2.24) is 9.55 Å². The number of hydrogen-bond acceptors (Lipinski definition) is 3. The fourth-order valence-corrected chi connectivity index (χ4v) is 2.42. The van der Waals surface area contributed by atoms with Crippen LogP contribution in [0.25, 0.3) is 10.9 Å². The van der Waals surface area contributed by atoms with Gasteiger partial charge in [-0.05, 0) is 24.1 Å². The van der Waals surface area contributed by atoms with E-state index in [2.05, 4.69) is 4.98 Å². The summed E-state index contributed by atoms with van der Waals surface area (Å²) >= 11 is 0. The zero-order chi connectivity index (χ0) is 14.1. The Morgan fingerprint density at radius 3 is 2.90 bits per heavy atom. The first-order chi connectivity index (χ1) is 9.65. The molecular weight excluding hydrogens is 254 g/mol. The first kappa shape index (κ1) is 12.3. The lowest BCUT2D eigenvalue weighted by atomic mass is 10.2. The molecular formula is C15H13N3O2. The average Bonchev–Trinajstić information content (AvgIpc) is 2.82. The Labute approximate surface area is 115 Å². The molecule has 0 saturated carbocycles. The van der Waals surface area contributed by atoms with Crippen LogP contribution in [-0.2, 0) is 6.54 Å². The van der Waals surface area contributed by atoms with E-state index in [4.69, 9.17) is 0 Å². The van der Waals surface area contributed by atoms with Crippen LogP contribution in [0.15, 0.2) is 48.9 Å². The van der Waals surface area contributed by atoms with Crippen LogP contribution in [0.2, 0.25) is 0 Å². The van der Waals surface area contributed by atoms with Crippen LogP contribution in [0.4, 0.5) is 5.69 Å². The lowest BCUT2D eigenvalue weighted by molar-refractivity contribution is -0.383. The number of aryl methyl sites for hydroxylation is 1. The predicted molar refractivity (Wildman–Crippen MR) is 76.7 cm³/mol. The van der Waals surface area contributed by atoms with Gasteiger partial charge in [0.25, 0.3) is 5.69 Å². The van der Waals surface area contributed by atoms with Crippen molar-refractivity contribution in [3.05, 3.63) is 70.2 Å². The zero-order valence-electron chi connectivity index (χ0n) is 11.0. The summed E-state index contributed by atoms with van der Waals surface area (Å²) in [4.78, 5) is 15.0. The molecule has 2 heterocycles. The minimum atomic E-state index is -0.340. The molecule has 5 nitrogen and oxygen atoms in total. The molecule has 0 atom stereocenters. The Kier molecular flexibility index (Phi) is 2.95. The Balaban J connectivity index is 2.10. The fourth-order valence-electron chi connectivity index (χ4n) is 2.42. The molecule has 0 radical (unpaired) electrons. The van der Waals surface area contributed by atoms with Crippen molar-refractivity contribution in [2.45, 2.75) is 13.5 Å². The first-order valence-electron chi connectivity index (χ1n) is 6.28. The standard InChI is InChI=1S/C15H13N3O2/c1-11-7-12(9-16-8-11)10-17-6-5-13-3-2-4-14(15(13)17)18(19)20/h2-9H,10H2,1H3. The number of benzene rings is 1. The predicted octanol–water partition coefficient (Wildman–Crippen LogP) is 3.30. The lowest BCUT2D eigenvalue weighted by Gasteiger charge is -2.06. The Hall–Kier alpha value is -2.69. The van der Waals surface area contributed by atoms with Gasteiger partial charge in [0, 0.05) is 36.6 Å². The second-order valence-electron chi connectivity index (χ2n) is 4.79. The summed E-state index contributed by atoms with van der Waals surface area (Å²) in [5, 5.41) is 12.0. The van der Waals surface area contributed by atoms with Gasteiger partial charge < -0.3 is 4.57 Å². The Bertz CT molecular complexity index is 793. The number of fused-ring (bicyclic) bond motifs is 1. The summed E-state index contributed by atoms with van der Waals surface area (Å²) in [7, 11) is 0. The van der Waals surface area contributed by atoms with Crippen LogP contribution >= 0.6 is 0 Å². The summed E-state index contributed by atoms with van der Waals surface area (Å²) in [6.45, 7) is 2.55. The third-order valence-electron chi connectivity index (χ3n) is 3.25. The van der Waals surface area contributed by atoms with Crippen LogP contribution in [0.5, 0.6) is 0 Å². The van der Waals surface area contributed by atoms with Crippen LogP contribution < -0.4 is 0 Å². The van der Waals surface area contributed by atoms with Crippen molar-refractivity contribution in [2.75, 3.05) is 0 Å². The van der Waals surface area contributed by atoms with E-state index in [9.17, 15) is 10.1 Å². The summed E-state index contributed by atoms with van der Waals surface area (Å²) in [6.07, 6.45) is 5.45. The van der Waals surface area contributed by atoms with Crippen LogP contribution in [0, 0.1) is 17.0 Å². The molecule has 3 aromatic rings. The highest BCUT2D eigenvalue weighted by Gasteiger charge is 2.15. The van der Waals surface area contributed by atoms with Crippen LogP contribution in [0.1, 0.15) is 11.1 Å². The molecule has 3 rings (SSSR count). The van der Waals surface area contributed by atoms with Gasteiger partial charge in [-0.2, -0.15) is 0 Å². The molecule has 0 aliphatic carbocycles. The van der Waals surface area contributed by atoms with Crippen molar-refractivity contribution in [2.24, 2.45) is 0 Å². The van der Waals surface area contributed by atoms with E-state index in [1.807, 2.05) is 35.9 Å². The molecule has 5 heteroatoms. The van der Waals surface area contributed by atoms with Gasteiger partial charge in [0.15, 0.2) is 0 Å². The van der Waals surface area contributed by atoms with Crippen molar-refractivity contribution in [1.29, 1.82) is 0 Å². The lowest BCUT2D eigenvalue weighted by Crippen LogP contribution is -2.01. The third-order valence-corrected chi connectivity index (χ3v) is 3.25. The van der Waals surface area contributed by atoms with Gasteiger partial charge in [-0.1, -0.05) is 18.2 Å². The molecule has 0 bridgehead atoms. The fraction of sp³-hybridized carbons (Fsp3) is 0.133. The highest BCUT2D eigenvalue weighted by atomic mass is 16.6. The first-order valence-corrected chi connectivity index (χ1v) is 6.28. The molecule has 2 aromatic heterocycles. The zero-order valence-corrected chi connectivity index (χ0v) is 11.0. The highest BCUT2D eigenvalue weighted by Crippen LogP contribution is 2.27. The molecule has 0 aliphatic heterocycles. The van der Waals surface area contributed by atoms with E-state index >= 15 is 0 Å². The topological polar surface area (TPSA) is 61.0 Å². The summed E-state index contributed by atoms with van der Waals surface area (Å²) in [5.74, 6) is 0. The van der Waals surface area contributed by atoms with Crippen molar-refractivity contribution >= 4 is 16.6 Å². The quantitative estimate of drug-likeness (QED) is 0.540. The number of nitro groups is 1. The van der Waals surface area contributed by atoms with Gasteiger partial charge in [-0.15, -0.1) is 0 Å². The smallest absolute Gasteiger partial charge is 0.293 e. The van der Waals surface area contributed by atoms with Gasteiger partial charge in [-0.25, -0.2) is 0 Å². The summed E-state index contributed by atoms with van der Waals surface area (Å²) in [5.41, 5.74) is 2.89. The van der Waals surface area contributed by atoms with E-state index in [-0.39, 0.29) is 10.6 Å². The number of pyridine rings is 1. The molecule has 0 aliphatic rings. The average molecular weight is 267 g/mol. The molecule has 0 saturated heterocycles. The maximum Gasteiger partial charge on any atom is 0.293 e. The van der Waals surface area contributed by atoms with Gasteiger partial charge in [0.05, 0.1) is 4.92 Å². The number of nitro benzene ring substituents is 1. The maximum atomic E-state index is 11.2. The third kappa shape index (κ3) is 2.14. The number of rotatable bonds is 3. The molecule has 0 spiro atoms. The minimum Gasteiger partial charge on any atom is -0.337 e. The second kappa shape index (κ2) is 4.77. The van der Waals surface area contributed by atoms with Crippen molar-refractivity contribution < 1.29 is 4.92 Å². The second-order valence-corrected chi connectivity index (χ2v) is 4.79. The normalized spacial score (nSPS) is 10.8. The SMILES string of the molecule is Cc1cncc(Cn2ccc3cccc([N+](=O)[O-])c32)c1. The monoisotopic (exact) mass is 267 g/mol. The van der Waals surface area contributed by atoms with Crippen molar-refractivity contribution in [3.63, 3.8) is 0 Å². The van der Waals surface area contributed by atoms with E-state index in [1.54, 1.807) is 18.5 Å². The highest BCUT2D eigenvalue weighted by molar-refractivity contribution is 5.88. The molecule has 100 valence electrons. The number of hydrogen-bond donors (Lipinski definition) is 0. The maximum absolute atomic E-state index is 11.2. The largest absolute Gasteiger partial charge is 0.337 e. The number of aromatic nitrogens is 2. The van der Waals surface area contributed by atoms with Gasteiger partial charge in [0.1, 0.15) is 5.52 Å². The molecule has 0 amide bonds. The minimum absolute atomic E-state index is 0.133. The van der Waals surface area contributed by atoms with Gasteiger partial charge >= 0.3 is 0 Å². The van der Waals surface area contributed by atoms with E-state index in [0.29, 0.717) is 12.1 Å². The molecule has 20 heavy (non-hydrogen) atoms. The number of nitrogens with zero attached hydrogens (tertiary/aromatic N) is 3. The van der Waals surface area contributed by atoms with E-state index < -0.39 is 0 Å². The Morgan fingerprint density at radius 1 is 1.30 bits per heavy atom. The van der Waals surface area contributed by atoms with Crippen LogP contribution in [0.3, 0.4) is 0 Å². The van der Waals surface area contributed by atoms with E-state index in [0.717, 1.165) is 16.5 Å². The Morgan fingerprint density at radius 2 is 2.15 bits per heavy atom. The molecule has 1 aromatic carbocycles. The number of non-ortho nitro benzene ring substituents is 1. The summed E-state index contributed by atoms with van der Waals surface area (Å²) in [6, 6.07) is 9.05. The van der Waals surface area contributed by atoms with Crippen LogP contribution in [-0.4, -0.2) is 14.5 Å².